The van der Waals surface area contributed by atoms with Gasteiger partial charge in [-0.1, -0.05) is 57.0 Å². The van der Waals surface area contributed by atoms with Gasteiger partial charge in [-0.3, -0.25) is 14.5 Å². The van der Waals surface area contributed by atoms with Crippen molar-refractivity contribution < 1.29 is 9.59 Å². The Labute approximate surface area is 239 Å². The Kier molecular flexibility index (Phi) is 12.6. The third kappa shape index (κ3) is 9.46. The Morgan fingerprint density at radius 3 is 2.33 bits per heavy atom. The molecule has 1 heterocycles. The maximum atomic E-state index is 12.1. The van der Waals surface area contributed by atoms with Gasteiger partial charge in [0.2, 0.25) is 0 Å². The SMILES string of the molecule is CC(=O)[C@H]1CCCCC1NC(=O)c1ccccc1.CCCN(CCC)Cc1cncn1Cc1ccc(C#N)cc1. The van der Waals surface area contributed by atoms with Gasteiger partial charge in [-0.25, -0.2) is 4.98 Å². The Bertz CT molecular complexity index is 1220. The predicted octanol–water partition coefficient (Wildman–Crippen LogP) is 5.99. The lowest BCUT2D eigenvalue weighted by molar-refractivity contribution is -0.122. The number of nitrogens with zero attached hydrogens (tertiary/aromatic N) is 4. The maximum absolute atomic E-state index is 12.1. The molecule has 1 saturated carbocycles. The van der Waals surface area contributed by atoms with Crippen LogP contribution in [0.4, 0.5) is 0 Å². The van der Waals surface area contributed by atoms with E-state index in [2.05, 4.69) is 39.7 Å². The minimum atomic E-state index is -0.0752. The van der Waals surface area contributed by atoms with E-state index >= 15 is 0 Å². The predicted molar refractivity (Wildman–Crippen MR) is 159 cm³/mol. The molecule has 7 heteroatoms. The van der Waals surface area contributed by atoms with E-state index in [0.717, 1.165) is 51.9 Å². The van der Waals surface area contributed by atoms with Gasteiger partial charge in [0.25, 0.3) is 5.91 Å². The van der Waals surface area contributed by atoms with Crippen LogP contribution >= 0.6 is 0 Å². The summed E-state index contributed by atoms with van der Waals surface area (Å²) in [4.78, 5) is 30.4. The second-order valence-electron chi connectivity index (χ2n) is 10.5. The molecule has 0 saturated heterocycles. The molecule has 0 radical (unpaired) electrons. The standard InChI is InChI=1S/C18H24N4.C15H19NO2/c1-3-9-21(10-4-2)14-18-12-20-15-22(18)13-17-7-5-16(11-19)6-8-17;1-11(17)13-9-5-6-10-14(13)16-15(18)12-7-3-2-4-8-12/h5-8,12,15H,3-4,9-10,13-14H2,1-2H3;2-4,7-8,13-14H,5-6,9-10H2,1H3,(H,16,18)/t;13-,14?/m.1/s1. The smallest absolute Gasteiger partial charge is 0.251 e. The number of carbonyl (C=O) groups is 2. The molecule has 0 spiro atoms. The number of rotatable bonds is 11. The Hall–Kier alpha value is -3.76. The van der Waals surface area contributed by atoms with Crippen LogP contribution < -0.4 is 5.32 Å². The van der Waals surface area contributed by atoms with Gasteiger partial charge in [0.1, 0.15) is 5.78 Å². The van der Waals surface area contributed by atoms with Crippen molar-refractivity contribution in [2.24, 2.45) is 5.92 Å². The van der Waals surface area contributed by atoms with E-state index in [4.69, 9.17) is 5.26 Å². The lowest BCUT2D eigenvalue weighted by atomic mass is 9.82. The van der Waals surface area contributed by atoms with Crippen LogP contribution in [0.2, 0.25) is 0 Å². The second kappa shape index (κ2) is 16.4. The van der Waals surface area contributed by atoms with E-state index in [1.165, 1.54) is 24.1 Å². The summed E-state index contributed by atoms with van der Waals surface area (Å²) < 4.78 is 2.19. The van der Waals surface area contributed by atoms with Gasteiger partial charge in [-0.05, 0) is 75.5 Å². The number of benzene rings is 2. The molecule has 1 aliphatic carbocycles. The molecular formula is C33H43N5O2. The molecule has 1 N–H and O–H groups in total. The van der Waals surface area contributed by atoms with E-state index in [1.54, 1.807) is 19.1 Å². The van der Waals surface area contributed by atoms with E-state index in [0.29, 0.717) is 11.1 Å². The largest absolute Gasteiger partial charge is 0.349 e. The van der Waals surface area contributed by atoms with Crippen molar-refractivity contribution in [2.45, 2.75) is 78.4 Å². The van der Waals surface area contributed by atoms with Gasteiger partial charge < -0.3 is 9.88 Å². The number of hydrogen-bond acceptors (Lipinski definition) is 5. The molecule has 1 amide bonds. The van der Waals surface area contributed by atoms with Crippen LogP contribution in [0.25, 0.3) is 0 Å². The van der Waals surface area contributed by atoms with Crippen molar-refractivity contribution >= 4 is 11.7 Å². The zero-order chi connectivity index (χ0) is 28.7. The van der Waals surface area contributed by atoms with Gasteiger partial charge in [-0.2, -0.15) is 5.26 Å². The average Bonchev–Trinajstić information content (AvgIpc) is 3.41. The van der Waals surface area contributed by atoms with Gasteiger partial charge in [0, 0.05) is 36.8 Å². The number of imidazole rings is 1. The lowest BCUT2D eigenvalue weighted by Crippen LogP contribution is -2.44. The summed E-state index contributed by atoms with van der Waals surface area (Å²) in [5.41, 5.74) is 3.79. The van der Waals surface area contributed by atoms with Crippen LogP contribution in [0.3, 0.4) is 0 Å². The molecule has 7 nitrogen and oxygen atoms in total. The minimum Gasteiger partial charge on any atom is -0.349 e. The quantitative estimate of drug-likeness (QED) is 0.322. The molecule has 3 aromatic rings. The first-order valence-electron chi connectivity index (χ1n) is 14.5. The van der Waals surface area contributed by atoms with Gasteiger partial charge in [-0.15, -0.1) is 0 Å². The van der Waals surface area contributed by atoms with E-state index in [1.807, 2.05) is 55.0 Å². The first kappa shape index (κ1) is 30.8. The Balaban J connectivity index is 0.000000225. The summed E-state index contributed by atoms with van der Waals surface area (Å²) in [7, 11) is 0. The molecule has 40 heavy (non-hydrogen) atoms. The fraction of sp³-hybridized carbons (Fsp3) is 0.455. The van der Waals surface area contributed by atoms with Crippen LogP contribution in [0, 0.1) is 17.2 Å². The molecule has 2 aromatic carbocycles. The second-order valence-corrected chi connectivity index (χ2v) is 10.5. The number of nitrogens with one attached hydrogen (secondary N) is 1. The Morgan fingerprint density at radius 1 is 1.02 bits per heavy atom. The van der Waals surface area contributed by atoms with Crippen LogP contribution in [0.5, 0.6) is 0 Å². The van der Waals surface area contributed by atoms with Crippen LogP contribution in [-0.2, 0) is 17.9 Å². The summed E-state index contributed by atoms with van der Waals surface area (Å²) in [6.45, 7) is 10.0. The van der Waals surface area contributed by atoms with Gasteiger partial charge >= 0.3 is 0 Å². The topological polar surface area (TPSA) is 91.0 Å². The number of nitriles is 1. The molecule has 0 aliphatic heterocycles. The molecule has 0 bridgehead atoms. The maximum Gasteiger partial charge on any atom is 0.251 e. The van der Waals surface area contributed by atoms with E-state index in [-0.39, 0.29) is 23.7 Å². The van der Waals surface area contributed by atoms with Crippen molar-refractivity contribution in [3.63, 3.8) is 0 Å². The molecule has 1 unspecified atom stereocenters. The number of carbonyl (C=O) groups excluding carboxylic acids is 2. The van der Waals surface area contributed by atoms with E-state index in [9.17, 15) is 9.59 Å². The molecular weight excluding hydrogens is 498 g/mol. The third-order valence-corrected chi connectivity index (χ3v) is 7.34. The summed E-state index contributed by atoms with van der Waals surface area (Å²) >= 11 is 0. The van der Waals surface area contributed by atoms with Crippen molar-refractivity contribution in [1.29, 1.82) is 5.26 Å². The van der Waals surface area contributed by atoms with Crippen molar-refractivity contribution in [2.75, 3.05) is 13.1 Å². The molecule has 4 rings (SSSR count). The summed E-state index contributed by atoms with van der Waals surface area (Å²) in [5.74, 6) is 0.105. The molecule has 1 aliphatic rings. The number of amides is 1. The van der Waals surface area contributed by atoms with Crippen LogP contribution in [-0.4, -0.2) is 45.3 Å². The van der Waals surface area contributed by atoms with Crippen molar-refractivity contribution in [3.8, 4) is 6.07 Å². The highest BCUT2D eigenvalue weighted by Crippen LogP contribution is 2.25. The van der Waals surface area contributed by atoms with Gasteiger partial charge in [0.05, 0.1) is 23.7 Å². The summed E-state index contributed by atoms with van der Waals surface area (Å²) in [6, 6.07) is 19.1. The minimum absolute atomic E-state index is 0.00366. The lowest BCUT2D eigenvalue weighted by Gasteiger charge is -2.30. The number of Topliss-reactive ketones (excluding diaryl/α,β-unsaturated/α-hetero) is 1. The van der Waals surface area contributed by atoms with Crippen LogP contribution in [0.1, 0.15) is 86.5 Å². The van der Waals surface area contributed by atoms with E-state index < -0.39 is 0 Å². The highest BCUT2D eigenvalue weighted by molar-refractivity contribution is 5.94. The normalized spacial score (nSPS) is 16.5. The number of hydrogen-bond donors (Lipinski definition) is 1. The van der Waals surface area contributed by atoms with Crippen LogP contribution in [0.15, 0.2) is 67.1 Å². The fourth-order valence-electron chi connectivity index (χ4n) is 5.27. The monoisotopic (exact) mass is 541 g/mol. The number of aromatic nitrogens is 2. The first-order valence-corrected chi connectivity index (χ1v) is 14.5. The third-order valence-electron chi connectivity index (χ3n) is 7.34. The Morgan fingerprint density at radius 2 is 1.70 bits per heavy atom. The molecule has 1 fully saturated rings. The van der Waals surface area contributed by atoms with Gasteiger partial charge in [0.15, 0.2) is 0 Å². The summed E-state index contributed by atoms with van der Waals surface area (Å²) in [6.07, 6.45) is 10.2. The van der Waals surface area contributed by atoms with Crippen molar-refractivity contribution in [3.05, 3.63) is 89.5 Å². The van der Waals surface area contributed by atoms with Crippen molar-refractivity contribution in [1.82, 2.24) is 19.8 Å². The molecule has 1 aromatic heterocycles. The molecule has 212 valence electrons. The highest BCUT2D eigenvalue weighted by Gasteiger charge is 2.29. The fourth-order valence-corrected chi connectivity index (χ4v) is 5.27. The highest BCUT2D eigenvalue weighted by atomic mass is 16.2. The molecule has 2 atom stereocenters. The zero-order valence-electron chi connectivity index (χ0n) is 24.2. The zero-order valence-corrected chi connectivity index (χ0v) is 24.2. The average molecular weight is 542 g/mol. The summed E-state index contributed by atoms with van der Waals surface area (Å²) in [5, 5.41) is 11.9. The number of ketones is 1. The first-order chi connectivity index (χ1) is 19.4.